The van der Waals surface area contributed by atoms with Gasteiger partial charge in [0, 0.05) is 45.1 Å². The molecule has 0 aliphatic carbocycles. The molecule has 0 radical (unpaired) electrons. The molecule has 1 fully saturated rings. The third-order valence-corrected chi connectivity index (χ3v) is 4.86. The first kappa shape index (κ1) is 25.1. The second-order valence-electron chi connectivity index (χ2n) is 6.54. The van der Waals surface area contributed by atoms with Crippen LogP contribution in [0.15, 0.2) is 12.1 Å². The van der Waals surface area contributed by atoms with Crippen LogP contribution >= 0.6 is 23.2 Å². The van der Waals surface area contributed by atoms with Gasteiger partial charge in [0.05, 0.1) is 5.02 Å². The number of ether oxygens (including phenoxy) is 2. The van der Waals surface area contributed by atoms with Crippen LogP contribution in [0.4, 0.5) is 4.79 Å². The monoisotopic (exact) mass is 487 g/mol. The van der Waals surface area contributed by atoms with E-state index in [2.05, 4.69) is 5.32 Å². The summed E-state index contributed by atoms with van der Waals surface area (Å²) in [6, 6.07) is -0.434. The fourth-order valence-corrected chi connectivity index (χ4v) is 3.30. The van der Waals surface area contributed by atoms with Crippen LogP contribution in [-0.4, -0.2) is 64.5 Å². The Labute approximate surface area is 192 Å². The zero-order valence-electron chi connectivity index (χ0n) is 17.3. The highest BCUT2D eigenvalue weighted by Crippen LogP contribution is 2.37. The highest BCUT2D eigenvalue weighted by molar-refractivity contribution is 6.64. The number of hydrogen-bond acceptors (Lipinski definition) is 8. The van der Waals surface area contributed by atoms with Crippen molar-refractivity contribution in [1.82, 2.24) is 15.1 Å². The first-order valence-electron chi connectivity index (χ1n) is 9.27. The third kappa shape index (κ3) is 5.74. The molecular formula is C19H19Cl2N3O8. The molecular weight excluding hydrogens is 469 g/mol. The van der Waals surface area contributed by atoms with Crippen LogP contribution in [0.1, 0.15) is 32.4 Å². The summed E-state index contributed by atoms with van der Waals surface area (Å²) in [6.07, 6.45) is 0. The minimum atomic E-state index is -1.58. The number of rotatable bonds is 6. The summed E-state index contributed by atoms with van der Waals surface area (Å²) in [5, 5.41) is 1.01. The molecule has 1 saturated heterocycles. The Hall–Kier alpha value is -3.18. The van der Waals surface area contributed by atoms with Gasteiger partial charge in [-0.3, -0.25) is 28.9 Å². The van der Waals surface area contributed by atoms with Gasteiger partial charge in [0.1, 0.15) is 6.04 Å². The number of carbonyl (C=O) groups is 6. The van der Waals surface area contributed by atoms with E-state index in [0.29, 0.717) is 11.4 Å². The number of nitrogens with zero attached hydrogens (tertiary/aromatic N) is 2. The zero-order valence-corrected chi connectivity index (χ0v) is 18.8. The molecule has 0 unspecified atom stereocenters. The average molecular weight is 488 g/mol. The van der Waals surface area contributed by atoms with Crippen molar-refractivity contribution in [3.63, 3.8) is 0 Å². The summed E-state index contributed by atoms with van der Waals surface area (Å²) in [5.74, 6) is -3.87. The van der Waals surface area contributed by atoms with Gasteiger partial charge in [-0.25, -0.2) is 4.79 Å². The Morgan fingerprint density at radius 1 is 1.03 bits per heavy atom. The number of hydrogen-bond donors (Lipinski definition) is 1. The minimum Gasteiger partial charge on any atom is -0.423 e. The lowest BCUT2D eigenvalue weighted by molar-refractivity contribution is -0.153. The molecule has 1 aliphatic heterocycles. The van der Waals surface area contributed by atoms with Crippen LogP contribution in [0.3, 0.4) is 0 Å². The molecule has 172 valence electrons. The molecule has 1 aromatic carbocycles. The standard InChI is InChI=1S/C19H19Cl2N3O8/c1-4-23-5-6-24(18(29)17(23)28)19(30)22-15(16(21)27)11-7-13(31-9(2)25)14(8-12(11)20)32-10(3)26/h7-8,15H,4-6H2,1-3H3,(H,22,30)/t15-/m1/s1. The number of nitrogens with one attached hydrogen (secondary N) is 1. The van der Waals surface area contributed by atoms with Gasteiger partial charge in [0.2, 0.25) is 5.24 Å². The van der Waals surface area contributed by atoms with E-state index in [0.717, 1.165) is 26.0 Å². The molecule has 0 saturated carbocycles. The van der Waals surface area contributed by atoms with Crippen LogP contribution < -0.4 is 14.8 Å². The number of urea groups is 1. The molecule has 1 atom stereocenters. The number of esters is 2. The van der Waals surface area contributed by atoms with E-state index in [1.165, 1.54) is 4.90 Å². The molecule has 0 aromatic heterocycles. The maximum Gasteiger partial charge on any atom is 0.325 e. The Bertz CT molecular complexity index is 997. The first-order valence-corrected chi connectivity index (χ1v) is 10.0. The Kier molecular flexibility index (Phi) is 8.17. The van der Waals surface area contributed by atoms with Gasteiger partial charge in [0.25, 0.3) is 0 Å². The molecule has 1 N–H and O–H groups in total. The second-order valence-corrected chi connectivity index (χ2v) is 7.32. The molecule has 11 nitrogen and oxygen atoms in total. The fourth-order valence-electron chi connectivity index (χ4n) is 2.87. The Balaban J connectivity index is 2.37. The van der Waals surface area contributed by atoms with Gasteiger partial charge in [-0.15, -0.1) is 0 Å². The minimum absolute atomic E-state index is 0.0920. The van der Waals surface area contributed by atoms with Gasteiger partial charge in [-0.05, 0) is 24.6 Å². The number of imide groups is 1. The summed E-state index contributed by atoms with van der Waals surface area (Å²) in [4.78, 5) is 73.6. The lowest BCUT2D eigenvalue weighted by atomic mass is 10.1. The lowest BCUT2D eigenvalue weighted by Gasteiger charge is -2.32. The number of carbonyl (C=O) groups excluding carboxylic acids is 6. The molecule has 1 aromatic rings. The molecule has 0 bridgehead atoms. The highest BCUT2D eigenvalue weighted by atomic mass is 35.5. The fraction of sp³-hybridized carbons (Fsp3) is 0.368. The largest absolute Gasteiger partial charge is 0.423 e. The first-order chi connectivity index (χ1) is 15.0. The van der Waals surface area contributed by atoms with Gasteiger partial charge in [-0.2, -0.15) is 0 Å². The van der Waals surface area contributed by atoms with Gasteiger partial charge in [0.15, 0.2) is 11.5 Å². The van der Waals surface area contributed by atoms with Crippen LogP contribution in [0.2, 0.25) is 5.02 Å². The molecule has 0 spiro atoms. The van der Waals surface area contributed by atoms with E-state index >= 15 is 0 Å². The van der Waals surface area contributed by atoms with E-state index in [1.54, 1.807) is 6.92 Å². The molecule has 1 aliphatic rings. The summed E-state index contributed by atoms with van der Waals surface area (Å²) >= 11 is 11.8. The molecule has 13 heteroatoms. The van der Waals surface area contributed by atoms with E-state index < -0.39 is 41.1 Å². The summed E-state index contributed by atoms with van der Waals surface area (Å²) < 4.78 is 9.94. The van der Waals surface area contributed by atoms with Gasteiger partial charge < -0.3 is 19.7 Å². The van der Waals surface area contributed by atoms with Crippen molar-refractivity contribution in [2.75, 3.05) is 19.6 Å². The third-order valence-electron chi connectivity index (χ3n) is 4.31. The predicted molar refractivity (Wildman–Crippen MR) is 110 cm³/mol. The Morgan fingerprint density at radius 2 is 1.59 bits per heavy atom. The van der Waals surface area contributed by atoms with E-state index in [-0.39, 0.29) is 35.2 Å². The van der Waals surface area contributed by atoms with Crippen LogP contribution in [0.25, 0.3) is 0 Å². The quantitative estimate of drug-likeness (QED) is 0.274. The molecule has 2 rings (SSSR count). The van der Waals surface area contributed by atoms with E-state index in [1.807, 2.05) is 0 Å². The normalized spacial score (nSPS) is 14.7. The predicted octanol–water partition coefficient (Wildman–Crippen LogP) is 1.40. The van der Waals surface area contributed by atoms with Crippen molar-refractivity contribution in [3.05, 3.63) is 22.7 Å². The van der Waals surface area contributed by atoms with Gasteiger partial charge >= 0.3 is 29.8 Å². The summed E-state index contributed by atoms with van der Waals surface area (Å²) in [6.45, 7) is 4.22. The van der Waals surface area contributed by atoms with Crippen LogP contribution in [-0.2, 0) is 24.0 Å². The lowest BCUT2D eigenvalue weighted by Crippen LogP contribution is -2.58. The highest BCUT2D eigenvalue weighted by Gasteiger charge is 2.37. The number of benzene rings is 1. The van der Waals surface area contributed by atoms with Crippen LogP contribution in [0.5, 0.6) is 11.5 Å². The maximum absolute atomic E-state index is 12.6. The van der Waals surface area contributed by atoms with E-state index in [4.69, 9.17) is 32.7 Å². The summed E-state index contributed by atoms with van der Waals surface area (Å²) in [7, 11) is 0. The topological polar surface area (TPSA) is 139 Å². The SMILES string of the molecule is CCN1CCN(C(=O)N[C@@H](C(=O)Cl)c2cc(OC(C)=O)c(OC(C)=O)cc2Cl)C(=O)C1=O. The van der Waals surface area contributed by atoms with Crippen molar-refractivity contribution < 1.29 is 38.2 Å². The average Bonchev–Trinajstić information content (AvgIpc) is 2.69. The molecule has 4 amide bonds. The zero-order chi connectivity index (χ0) is 24.2. The van der Waals surface area contributed by atoms with E-state index in [9.17, 15) is 28.8 Å². The smallest absolute Gasteiger partial charge is 0.325 e. The second kappa shape index (κ2) is 10.4. The van der Waals surface area contributed by atoms with Crippen molar-refractivity contribution in [2.24, 2.45) is 0 Å². The van der Waals surface area contributed by atoms with Crippen molar-refractivity contribution in [3.8, 4) is 11.5 Å². The van der Waals surface area contributed by atoms with Crippen molar-refractivity contribution >= 4 is 58.2 Å². The number of halogens is 2. The number of likely N-dealkylation sites (N-methyl/N-ethyl adjacent to an activating group) is 1. The van der Waals surface area contributed by atoms with Gasteiger partial charge in [-0.1, -0.05) is 11.6 Å². The van der Waals surface area contributed by atoms with Crippen molar-refractivity contribution in [1.29, 1.82) is 0 Å². The Morgan fingerprint density at radius 3 is 2.09 bits per heavy atom. The molecule has 1 heterocycles. The van der Waals surface area contributed by atoms with Crippen molar-refractivity contribution in [2.45, 2.75) is 26.8 Å². The molecule has 32 heavy (non-hydrogen) atoms. The maximum atomic E-state index is 12.6. The summed E-state index contributed by atoms with van der Waals surface area (Å²) in [5.41, 5.74) is -0.0989. The number of piperazine rings is 1. The van der Waals surface area contributed by atoms with Crippen LogP contribution in [0, 0.1) is 0 Å². The number of amides is 4.